The number of rotatable bonds is 4. The van der Waals surface area contributed by atoms with Gasteiger partial charge in [0, 0.05) is 5.69 Å². The van der Waals surface area contributed by atoms with Gasteiger partial charge in [-0.3, -0.25) is 4.79 Å². The second kappa shape index (κ2) is 8.30. The molecule has 7 heteroatoms. The molecule has 1 N–H and O–H groups in total. The summed E-state index contributed by atoms with van der Waals surface area (Å²) in [4.78, 5) is 24.1. The second-order valence-corrected chi connectivity index (χ2v) is 7.86. The van der Waals surface area contributed by atoms with E-state index in [1.807, 2.05) is 12.1 Å². The number of esters is 1. The Morgan fingerprint density at radius 2 is 1.54 bits per heavy atom. The molecule has 0 unspecified atom stereocenters. The van der Waals surface area contributed by atoms with E-state index in [1.54, 1.807) is 12.1 Å². The summed E-state index contributed by atoms with van der Waals surface area (Å²) in [5, 5.41) is 2.92. The Morgan fingerprint density at radius 3 is 2.12 bits per heavy atom. The van der Waals surface area contributed by atoms with Gasteiger partial charge < -0.3 is 10.1 Å². The minimum atomic E-state index is -0.819. The Balaban J connectivity index is 1.97. The van der Waals surface area contributed by atoms with E-state index >= 15 is 0 Å². The molecule has 4 nitrogen and oxygen atoms in total. The summed E-state index contributed by atoms with van der Waals surface area (Å²) in [6.45, 7) is 5.84. The van der Waals surface area contributed by atoms with Gasteiger partial charge in [0.2, 0.25) is 0 Å². The number of hydrogen-bond donors (Lipinski definition) is 1. The van der Waals surface area contributed by atoms with E-state index < -0.39 is 18.5 Å². The molecular weight excluding hydrogens is 397 g/mol. The van der Waals surface area contributed by atoms with Crippen molar-refractivity contribution in [3.8, 4) is 0 Å². The lowest BCUT2D eigenvalue weighted by Crippen LogP contribution is -2.21. The molecule has 0 aliphatic heterocycles. The summed E-state index contributed by atoms with van der Waals surface area (Å²) >= 11 is 17.8. The normalized spacial score (nSPS) is 11.2. The largest absolute Gasteiger partial charge is 0.452 e. The smallest absolute Gasteiger partial charge is 0.341 e. The van der Waals surface area contributed by atoms with Crippen LogP contribution >= 0.6 is 34.8 Å². The van der Waals surface area contributed by atoms with E-state index in [2.05, 4.69) is 26.1 Å². The third-order valence-electron chi connectivity index (χ3n) is 3.62. The predicted octanol–water partition coefficient (Wildman–Crippen LogP) is 5.74. The average Bonchev–Trinajstić information content (AvgIpc) is 2.56. The zero-order valence-electron chi connectivity index (χ0n) is 14.5. The molecule has 26 heavy (non-hydrogen) atoms. The van der Waals surface area contributed by atoms with Gasteiger partial charge in [-0.15, -0.1) is 0 Å². The third-order valence-corrected chi connectivity index (χ3v) is 4.74. The van der Waals surface area contributed by atoms with Crippen LogP contribution in [0.4, 0.5) is 5.69 Å². The molecule has 0 aliphatic rings. The van der Waals surface area contributed by atoms with Crippen molar-refractivity contribution >= 4 is 52.4 Å². The van der Waals surface area contributed by atoms with Gasteiger partial charge in [-0.05, 0) is 35.2 Å². The van der Waals surface area contributed by atoms with Crippen molar-refractivity contribution in [3.63, 3.8) is 0 Å². The number of benzene rings is 2. The van der Waals surface area contributed by atoms with Gasteiger partial charge >= 0.3 is 5.97 Å². The first-order chi connectivity index (χ1) is 12.1. The molecule has 0 aromatic heterocycles. The molecular formula is C19H18Cl3NO3. The highest BCUT2D eigenvalue weighted by Crippen LogP contribution is 2.31. The molecule has 1 amide bonds. The fourth-order valence-electron chi connectivity index (χ4n) is 2.17. The topological polar surface area (TPSA) is 55.4 Å². The maximum absolute atomic E-state index is 12.1. The Hall–Kier alpha value is -1.75. The van der Waals surface area contributed by atoms with Gasteiger partial charge in [0.1, 0.15) is 0 Å². The summed E-state index contributed by atoms with van der Waals surface area (Å²) in [5.41, 5.74) is 1.71. The quantitative estimate of drug-likeness (QED) is 0.512. The maximum atomic E-state index is 12.1. The minimum absolute atomic E-state index is 0.0117. The van der Waals surface area contributed by atoms with E-state index in [0.717, 1.165) is 5.56 Å². The lowest BCUT2D eigenvalue weighted by atomic mass is 9.87. The highest BCUT2D eigenvalue weighted by molar-refractivity contribution is 6.46. The SMILES string of the molecule is CC(C)(C)c1ccc(NC(=O)COC(=O)c2c(Cl)ccc(Cl)c2Cl)cc1. The van der Waals surface area contributed by atoms with Crippen molar-refractivity contribution in [1.82, 2.24) is 0 Å². The van der Waals surface area contributed by atoms with Crippen molar-refractivity contribution in [3.05, 3.63) is 62.6 Å². The van der Waals surface area contributed by atoms with Gasteiger partial charge in [-0.25, -0.2) is 4.79 Å². The molecule has 0 atom stereocenters. The van der Waals surface area contributed by atoms with Crippen LogP contribution < -0.4 is 5.32 Å². The molecule has 138 valence electrons. The monoisotopic (exact) mass is 413 g/mol. The van der Waals surface area contributed by atoms with Gasteiger partial charge in [-0.1, -0.05) is 67.7 Å². The fourth-order valence-corrected chi connectivity index (χ4v) is 2.85. The van der Waals surface area contributed by atoms with Crippen LogP contribution in [0.15, 0.2) is 36.4 Å². The van der Waals surface area contributed by atoms with Crippen LogP contribution in [0.1, 0.15) is 36.7 Å². The zero-order valence-corrected chi connectivity index (χ0v) is 16.8. The molecule has 2 aromatic carbocycles. The lowest BCUT2D eigenvalue weighted by Gasteiger charge is -2.19. The minimum Gasteiger partial charge on any atom is -0.452 e. The number of carbonyl (C=O) groups excluding carboxylic acids is 2. The number of hydrogen-bond acceptors (Lipinski definition) is 3. The average molecular weight is 415 g/mol. The molecule has 2 rings (SSSR count). The first-order valence-electron chi connectivity index (χ1n) is 7.80. The molecule has 0 aliphatic carbocycles. The Bertz CT molecular complexity index is 827. The number of nitrogens with one attached hydrogen (secondary N) is 1. The van der Waals surface area contributed by atoms with E-state index in [4.69, 9.17) is 39.5 Å². The standard InChI is InChI=1S/C19H18Cl3NO3/c1-19(2,3)11-4-6-12(7-5-11)23-15(24)10-26-18(25)16-13(20)8-9-14(21)17(16)22/h4-9H,10H2,1-3H3,(H,23,24). The summed E-state index contributed by atoms with van der Waals surface area (Å²) in [5.74, 6) is -1.29. The Labute approximate surface area is 167 Å². The Morgan fingerprint density at radius 1 is 0.962 bits per heavy atom. The first-order valence-corrected chi connectivity index (χ1v) is 8.94. The molecule has 0 bridgehead atoms. The van der Waals surface area contributed by atoms with Crippen LogP contribution in [0.25, 0.3) is 0 Å². The predicted molar refractivity (Wildman–Crippen MR) is 106 cm³/mol. The molecule has 0 saturated heterocycles. The van der Waals surface area contributed by atoms with Crippen molar-refractivity contribution in [2.24, 2.45) is 0 Å². The van der Waals surface area contributed by atoms with Gasteiger partial charge in [-0.2, -0.15) is 0 Å². The van der Waals surface area contributed by atoms with E-state index in [-0.39, 0.29) is 26.0 Å². The lowest BCUT2D eigenvalue weighted by molar-refractivity contribution is -0.119. The summed E-state index contributed by atoms with van der Waals surface area (Å²) in [6, 6.07) is 10.4. The fraction of sp³-hybridized carbons (Fsp3) is 0.263. The number of amides is 1. The first kappa shape index (κ1) is 20.6. The summed E-state index contributed by atoms with van der Waals surface area (Å²) in [7, 11) is 0. The summed E-state index contributed by atoms with van der Waals surface area (Å²) in [6.07, 6.45) is 0. The van der Waals surface area contributed by atoms with Crippen LogP contribution in [0, 0.1) is 0 Å². The highest BCUT2D eigenvalue weighted by atomic mass is 35.5. The number of ether oxygens (including phenoxy) is 1. The number of halogens is 3. The zero-order chi connectivity index (χ0) is 19.5. The highest BCUT2D eigenvalue weighted by Gasteiger charge is 2.20. The molecule has 2 aromatic rings. The third kappa shape index (κ3) is 5.13. The van der Waals surface area contributed by atoms with E-state index in [9.17, 15) is 9.59 Å². The summed E-state index contributed by atoms with van der Waals surface area (Å²) < 4.78 is 4.98. The van der Waals surface area contributed by atoms with Crippen LogP contribution in [-0.2, 0) is 14.9 Å². The number of anilines is 1. The molecule has 0 fully saturated rings. The van der Waals surface area contributed by atoms with Gasteiger partial charge in [0.05, 0.1) is 20.6 Å². The molecule has 0 radical (unpaired) electrons. The van der Waals surface area contributed by atoms with E-state index in [0.29, 0.717) is 5.69 Å². The number of carbonyl (C=O) groups is 2. The van der Waals surface area contributed by atoms with Crippen LogP contribution in [0.5, 0.6) is 0 Å². The van der Waals surface area contributed by atoms with E-state index in [1.165, 1.54) is 12.1 Å². The van der Waals surface area contributed by atoms with Crippen LogP contribution in [0.2, 0.25) is 15.1 Å². The van der Waals surface area contributed by atoms with Crippen molar-refractivity contribution in [2.75, 3.05) is 11.9 Å². The molecule has 0 heterocycles. The van der Waals surface area contributed by atoms with Crippen LogP contribution in [-0.4, -0.2) is 18.5 Å². The molecule has 0 saturated carbocycles. The maximum Gasteiger partial charge on any atom is 0.341 e. The van der Waals surface area contributed by atoms with Gasteiger partial charge in [0.15, 0.2) is 6.61 Å². The van der Waals surface area contributed by atoms with Gasteiger partial charge in [0.25, 0.3) is 5.91 Å². The second-order valence-electron chi connectivity index (χ2n) is 6.67. The van der Waals surface area contributed by atoms with Crippen molar-refractivity contribution in [1.29, 1.82) is 0 Å². The van der Waals surface area contributed by atoms with Crippen molar-refractivity contribution < 1.29 is 14.3 Å². The van der Waals surface area contributed by atoms with Crippen molar-refractivity contribution in [2.45, 2.75) is 26.2 Å². The Kier molecular flexibility index (Phi) is 6.56. The molecule has 0 spiro atoms. The van der Waals surface area contributed by atoms with Crippen LogP contribution in [0.3, 0.4) is 0 Å².